The smallest absolute Gasteiger partial charge is 0.0991 e. The molecule has 1 unspecified atom stereocenters. The van der Waals surface area contributed by atoms with Gasteiger partial charge in [-0.1, -0.05) is 12.1 Å². The van der Waals surface area contributed by atoms with Crippen LogP contribution in [0, 0.1) is 11.3 Å². The second kappa shape index (κ2) is 4.21. The van der Waals surface area contributed by atoms with Crippen LogP contribution in [0.4, 0.5) is 0 Å². The summed E-state index contributed by atoms with van der Waals surface area (Å²) in [5.74, 6) is 0. The van der Waals surface area contributed by atoms with Crippen molar-refractivity contribution in [2.45, 2.75) is 6.04 Å². The molecule has 2 N–H and O–H groups in total. The lowest BCUT2D eigenvalue weighted by Gasteiger charge is -2.28. The van der Waals surface area contributed by atoms with Gasteiger partial charge >= 0.3 is 0 Å². The normalized spacial score (nSPS) is 22.9. The van der Waals surface area contributed by atoms with Crippen molar-refractivity contribution in [2.75, 3.05) is 19.6 Å². The third-order valence-electron chi connectivity index (χ3n) is 3.22. The molecule has 4 nitrogen and oxygen atoms in total. The van der Waals surface area contributed by atoms with Crippen molar-refractivity contribution in [1.29, 1.82) is 5.26 Å². The molecule has 0 amide bonds. The van der Waals surface area contributed by atoms with Crippen LogP contribution in [0.1, 0.15) is 17.2 Å². The van der Waals surface area contributed by atoms with E-state index < -0.39 is 0 Å². The molecule has 2 aliphatic rings. The molecule has 0 radical (unpaired) electrons. The number of piperazine rings is 1. The predicted molar refractivity (Wildman–Crippen MR) is 64.7 cm³/mol. The van der Waals surface area contributed by atoms with Crippen LogP contribution >= 0.6 is 0 Å². The highest BCUT2D eigenvalue weighted by molar-refractivity contribution is 5.35. The van der Waals surface area contributed by atoms with Crippen LogP contribution in [-0.2, 0) is 0 Å². The molecule has 0 aliphatic carbocycles. The van der Waals surface area contributed by atoms with Gasteiger partial charge < -0.3 is 10.3 Å². The molecule has 1 fully saturated rings. The van der Waals surface area contributed by atoms with Crippen LogP contribution in [0.15, 0.2) is 36.0 Å². The van der Waals surface area contributed by atoms with E-state index in [9.17, 15) is 0 Å². The Morgan fingerprint density at radius 3 is 2.82 bits per heavy atom. The highest BCUT2D eigenvalue weighted by atomic mass is 15.5. The summed E-state index contributed by atoms with van der Waals surface area (Å²) >= 11 is 0. The first-order valence-corrected chi connectivity index (χ1v) is 5.82. The lowest BCUT2D eigenvalue weighted by molar-refractivity contribution is 0.229. The van der Waals surface area contributed by atoms with Crippen LogP contribution in [0.25, 0.3) is 0 Å². The average molecular weight is 226 g/mol. The first-order valence-electron chi connectivity index (χ1n) is 5.82. The van der Waals surface area contributed by atoms with Gasteiger partial charge in [-0.05, 0) is 23.8 Å². The van der Waals surface area contributed by atoms with E-state index in [4.69, 9.17) is 5.26 Å². The fourth-order valence-corrected chi connectivity index (χ4v) is 2.28. The number of rotatable bonds is 1. The Morgan fingerprint density at radius 2 is 2.12 bits per heavy atom. The maximum atomic E-state index is 8.77. The van der Waals surface area contributed by atoms with E-state index in [1.54, 1.807) is 0 Å². The number of nitrogens with one attached hydrogen (secondary N) is 2. The minimum atomic E-state index is 0.234. The van der Waals surface area contributed by atoms with Crippen molar-refractivity contribution in [1.82, 2.24) is 15.8 Å². The van der Waals surface area contributed by atoms with Gasteiger partial charge in [-0.15, -0.1) is 0 Å². The summed E-state index contributed by atoms with van der Waals surface area (Å²) < 4.78 is 0. The summed E-state index contributed by atoms with van der Waals surface area (Å²) in [6, 6.07) is 10.1. The zero-order valence-electron chi connectivity index (χ0n) is 9.48. The summed E-state index contributed by atoms with van der Waals surface area (Å²) in [7, 11) is 0. The Morgan fingerprint density at radius 1 is 1.29 bits per heavy atom. The predicted octanol–water partition coefficient (Wildman–Crippen LogP) is 0.907. The van der Waals surface area contributed by atoms with E-state index in [0.29, 0.717) is 5.56 Å². The Labute approximate surface area is 101 Å². The summed E-state index contributed by atoms with van der Waals surface area (Å²) in [5.41, 5.74) is 6.68. The van der Waals surface area contributed by atoms with Crippen molar-refractivity contribution in [3.8, 4) is 6.07 Å². The highest BCUT2D eigenvalue weighted by Gasteiger charge is 2.25. The molecule has 1 aromatic carbocycles. The number of benzene rings is 1. The second-order valence-corrected chi connectivity index (χ2v) is 4.33. The highest BCUT2D eigenvalue weighted by Crippen LogP contribution is 2.25. The van der Waals surface area contributed by atoms with Gasteiger partial charge in [0.05, 0.1) is 17.7 Å². The molecular formula is C13H14N4. The molecule has 0 aromatic heterocycles. The molecule has 17 heavy (non-hydrogen) atoms. The SMILES string of the molecule is N#Cc1ccc(C2C=C3CNCCN3N2)cc1. The summed E-state index contributed by atoms with van der Waals surface area (Å²) in [6.07, 6.45) is 2.24. The summed E-state index contributed by atoms with van der Waals surface area (Å²) in [4.78, 5) is 0. The van der Waals surface area contributed by atoms with Crippen LogP contribution in [0.3, 0.4) is 0 Å². The number of nitriles is 1. The van der Waals surface area contributed by atoms with Crippen molar-refractivity contribution >= 4 is 0 Å². The third-order valence-corrected chi connectivity index (χ3v) is 3.22. The van der Waals surface area contributed by atoms with Gasteiger partial charge in [0.2, 0.25) is 0 Å². The van der Waals surface area contributed by atoms with Gasteiger partial charge in [-0.2, -0.15) is 5.26 Å². The molecule has 1 atom stereocenters. The molecular weight excluding hydrogens is 212 g/mol. The quantitative estimate of drug-likeness (QED) is 0.747. The Kier molecular flexibility index (Phi) is 2.56. The molecule has 0 spiro atoms. The summed E-state index contributed by atoms with van der Waals surface area (Å²) in [6.45, 7) is 2.95. The lowest BCUT2D eigenvalue weighted by atomic mass is 10.1. The van der Waals surface area contributed by atoms with E-state index >= 15 is 0 Å². The third kappa shape index (κ3) is 1.91. The van der Waals surface area contributed by atoms with Gasteiger partial charge in [0.1, 0.15) is 0 Å². The number of nitrogens with zero attached hydrogens (tertiary/aromatic N) is 2. The maximum absolute atomic E-state index is 8.77. The van der Waals surface area contributed by atoms with Crippen LogP contribution in [-0.4, -0.2) is 24.6 Å². The standard InChI is InChI=1S/C13H14N4/c14-8-10-1-3-11(4-2-10)13-7-12-9-15-5-6-17(12)16-13/h1-4,7,13,15-16H,5-6,9H2. The Bertz CT molecular complexity index is 483. The van der Waals surface area contributed by atoms with Crippen molar-refractivity contribution in [3.05, 3.63) is 47.2 Å². The second-order valence-electron chi connectivity index (χ2n) is 4.33. The van der Waals surface area contributed by atoms with E-state index in [-0.39, 0.29) is 6.04 Å². The van der Waals surface area contributed by atoms with Gasteiger partial charge in [0.15, 0.2) is 0 Å². The van der Waals surface area contributed by atoms with Crippen molar-refractivity contribution in [2.24, 2.45) is 0 Å². The zero-order valence-corrected chi connectivity index (χ0v) is 9.48. The average Bonchev–Trinajstić information content (AvgIpc) is 2.82. The van der Waals surface area contributed by atoms with Crippen molar-refractivity contribution < 1.29 is 0 Å². The van der Waals surface area contributed by atoms with E-state index in [1.165, 1.54) is 11.3 Å². The Hall–Kier alpha value is -1.83. The molecule has 4 heteroatoms. The molecule has 86 valence electrons. The van der Waals surface area contributed by atoms with Gasteiger partial charge in [0, 0.05) is 25.3 Å². The monoisotopic (exact) mass is 226 g/mol. The molecule has 1 aromatic rings. The molecule has 3 rings (SSSR count). The molecule has 2 aliphatic heterocycles. The van der Waals surface area contributed by atoms with Crippen LogP contribution in [0.5, 0.6) is 0 Å². The first-order chi connectivity index (χ1) is 8.36. The van der Waals surface area contributed by atoms with Crippen LogP contribution < -0.4 is 10.7 Å². The Balaban J connectivity index is 1.81. The summed E-state index contributed by atoms with van der Waals surface area (Å²) in [5, 5.41) is 14.3. The minimum absolute atomic E-state index is 0.234. The first kappa shape index (κ1) is 10.3. The number of hydrogen-bond donors (Lipinski definition) is 2. The molecule has 0 bridgehead atoms. The number of hydrogen-bond acceptors (Lipinski definition) is 4. The zero-order chi connectivity index (χ0) is 11.7. The number of hydrazine groups is 1. The molecule has 0 saturated carbocycles. The fraction of sp³-hybridized carbons (Fsp3) is 0.308. The van der Waals surface area contributed by atoms with Gasteiger partial charge in [0.25, 0.3) is 0 Å². The van der Waals surface area contributed by atoms with E-state index in [2.05, 4.69) is 27.9 Å². The lowest BCUT2D eigenvalue weighted by Crippen LogP contribution is -2.45. The van der Waals surface area contributed by atoms with Gasteiger partial charge in [-0.3, -0.25) is 0 Å². The largest absolute Gasteiger partial charge is 0.309 e. The topological polar surface area (TPSA) is 51.1 Å². The molecule has 2 heterocycles. The number of fused-ring (bicyclic) bond motifs is 1. The molecule has 1 saturated heterocycles. The fourth-order valence-electron chi connectivity index (χ4n) is 2.28. The van der Waals surface area contributed by atoms with E-state index in [0.717, 1.165) is 19.6 Å². The van der Waals surface area contributed by atoms with Crippen molar-refractivity contribution in [3.63, 3.8) is 0 Å². The minimum Gasteiger partial charge on any atom is -0.309 e. The van der Waals surface area contributed by atoms with Gasteiger partial charge in [-0.25, -0.2) is 5.43 Å². The van der Waals surface area contributed by atoms with Crippen LogP contribution in [0.2, 0.25) is 0 Å². The van der Waals surface area contributed by atoms with E-state index in [1.807, 2.05) is 24.3 Å². The maximum Gasteiger partial charge on any atom is 0.0991 e.